The van der Waals surface area contributed by atoms with E-state index in [-0.39, 0.29) is 12.1 Å². The third-order valence-electron chi connectivity index (χ3n) is 7.45. The molecule has 3 aromatic heterocycles. The van der Waals surface area contributed by atoms with Crippen LogP contribution in [0, 0.1) is 12.8 Å². The van der Waals surface area contributed by atoms with Gasteiger partial charge in [0.05, 0.1) is 11.1 Å². The quantitative estimate of drug-likeness (QED) is 0.302. The summed E-state index contributed by atoms with van der Waals surface area (Å²) in [5.74, 6) is 1.85. The molecule has 3 aromatic rings. The van der Waals surface area contributed by atoms with Crippen LogP contribution in [0.1, 0.15) is 82.4 Å². The van der Waals surface area contributed by atoms with Crippen molar-refractivity contribution in [1.29, 1.82) is 0 Å². The average molecular weight is 463 g/mol. The Kier molecular flexibility index (Phi) is 7.07. The predicted molar refractivity (Wildman–Crippen MR) is 130 cm³/mol. The Morgan fingerprint density at radius 3 is 2.76 bits per heavy atom. The Balaban J connectivity index is 1.21. The van der Waals surface area contributed by atoms with Gasteiger partial charge in [0.25, 0.3) is 0 Å². The molecule has 0 radical (unpaired) electrons. The maximum atomic E-state index is 12.3. The summed E-state index contributed by atoms with van der Waals surface area (Å²) in [7, 11) is 0. The van der Waals surface area contributed by atoms with Crippen LogP contribution in [0.15, 0.2) is 36.9 Å². The second-order valence-electron chi connectivity index (χ2n) is 9.79. The standard InChI is InChI=1S/C27H34N4O3/c1-19-24(10-5-16-28-19)34-27-23-15-17-31(26(23)29-18-30-27)21-7-4-6-20(11-13-21)12-14-25(32)33-22-8-2-3-9-22/h5,10,15-18,20-22H,2-4,6-9,11-14H2,1H3. The number of pyridine rings is 1. The monoisotopic (exact) mass is 462 g/mol. The third-order valence-corrected chi connectivity index (χ3v) is 7.45. The lowest BCUT2D eigenvalue weighted by atomic mass is 9.95. The van der Waals surface area contributed by atoms with E-state index in [1.54, 1.807) is 12.5 Å². The molecule has 0 spiro atoms. The normalized spacial score (nSPS) is 21.4. The van der Waals surface area contributed by atoms with Gasteiger partial charge in [0, 0.05) is 24.9 Å². The molecule has 2 aliphatic carbocycles. The van der Waals surface area contributed by atoms with Crippen LogP contribution in [0.25, 0.3) is 11.0 Å². The van der Waals surface area contributed by atoms with Gasteiger partial charge >= 0.3 is 5.97 Å². The molecule has 0 N–H and O–H groups in total. The highest BCUT2D eigenvalue weighted by atomic mass is 16.5. The first kappa shape index (κ1) is 22.8. The molecular weight excluding hydrogens is 428 g/mol. The van der Waals surface area contributed by atoms with Crippen molar-refractivity contribution in [3.63, 3.8) is 0 Å². The minimum absolute atomic E-state index is 0.00261. The van der Waals surface area contributed by atoms with Crippen LogP contribution in [0.2, 0.25) is 0 Å². The number of aromatic nitrogens is 4. The fraction of sp³-hybridized carbons (Fsp3) is 0.556. The molecule has 0 aliphatic heterocycles. The van der Waals surface area contributed by atoms with Gasteiger partial charge in [-0.1, -0.05) is 12.8 Å². The topological polar surface area (TPSA) is 79.1 Å². The lowest BCUT2D eigenvalue weighted by Crippen LogP contribution is -2.15. The highest BCUT2D eigenvalue weighted by molar-refractivity contribution is 5.81. The Labute approximate surface area is 200 Å². The molecule has 5 rings (SSSR count). The first-order valence-corrected chi connectivity index (χ1v) is 12.8. The Morgan fingerprint density at radius 1 is 1.03 bits per heavy atom. The van der Waals surface area contributed by atoms with Crippen LogP contribution in [0.4, 0.5) is 0 Å². The number of carbonyl (C=O) groups excluding carboxylic acids is 1. The summed E-state index contributed by atoms with van der Waals surface area (Å²) in [4.78, 5) is 25.5. The maximum Gasteiger partial charge on any atom is 0.306 e. The number of hydrogen-bond donors (Lipinski definition) is 0. The van der Waals surface area contributed by atoms with Crippen molar-refractivity contribution < 1.29 is 14.3 Å². The highest BCUT2D eigenvalue weighted by Crippen LogP contribution is 2.36. The molecule has 2 saturated carbocycles. The fourth-order valence-corrected chi connectivity index (χ4v) is 5.50. The molecule has 2 fully saturated rings. The van der Waals surface area contributed by atoms with E-state index in [1.807, 2.05) is 19.1 Å². The van der Waals surface area contributed by atoms with E-state index in [0.29, 0.717) is 30.0 Å². The zero-order valence-corrected chi connectivity index (χ0v) is 20.0. The molecule has 2 aliphatic rings. The summed E-state index contributed by atoms with van der Waals surface area (Å²) in [6, 6.07) is 6.22. The van der Waals surface area contributed by atoms with Crippen molar-refractivity contribution >= 4 is 17.0 Å². The molecule has 3 heterocycles. The first-order valence-electron chi connectivity index (χ1n) is 12.8. The van der Waals surface area contributed by atoms with Crippen molar-refractivity contribution in [1.82, 2.24) is 19.5 Å². The summed E-state index contributed by atoms with van der Waals surface area (Å²) in [6.07, 6.45) is 17.3. The van der Waals surface area contributed by atoms with E-state index >= 15 is 0 Å². The number of hydrogen-bond acceptors (Lipinski definition) is 6. The minimum atomic E-state index is -0.00261. The van der Waals surface area contributed by atoms with Crippen molar-refractivity contribution in [2.45, 2.75) is 89.7 Å². The average Bonchev–Trinajstić information content (AvgIpc) is 3.45. The molecule has 0 saturated heterocycles. The van der Waals surface area contributed by atoms with Crippen LogP contribution in [0.3, 0.4) is 0 Å². The number of nitrogens with zero attached hydrogens (tertiary/aromatic N) is 4. The number of rotatable bonds is 7. The zero-order valence-electron chi connectivity index (χ0n) is 20.0. The van der Waals surface area contributed by atoms with Crippen molar-refractivity contribution in [3.05, 3.63) is 42.6 Å². The molecule has 0 amide bonds. The molecular formula is C27H34N4O3. The molecule has 180 valence electrons. The van der Waals surface area contributed by atoms with Crippen LogP contribution in [-0.2, 0) is 9.53 Å². The van der Waals surface area contributed by atoms with E-state index in [1.165, 1.54) is 19.3 Å². The molecule has 7 heteroatoms. The van der Waals surface area contributed by atoms with E-state index < -0.39 is 0 Å². The Bertz CT molecular complexity index is 1120. The second kappa shape index (κ2) is 10.5. The maximum absolute atomic E-state index is 12.3. The minimum Gasteiger partial charge on any atom is -0.462 e. The van der Waals surface area contributed by atoms with E-state index in [9.17, 15) is 4.79 Å². The van der Waals surface area contributed by atoms with Crippen LogP contribution in [0.5, 0.6) is 11.6 Å². The van der Waals surface area contributed by atoms with Gasteiger partial charge in [-0.15, -0.1) is 0 Å². The molecule has 7 nitrogen and oxygen atoms in total. The largest absolute Gasteiger partial charge is 0.462 e. The van der Waals surface area contributed by atoms with E-state index in [2.05, 4.69) is 31.8 Å². The van der Waals surface area contributed by atoms with Crippen molar-refractivity contribution in [3.8, 4) is 11.6 Å². The van der Waals surface area contributed by atoms with Crippen LogP contribution < -0.4 is 4.74 Å². The summed E-state index contributed by atoms with van der Waals surface area (Å²) in [5, 5.41) is 0.918. The molecule has 34 heavy (non-hydrogen) atoms. The predicted octanol–water partition coefficient (Wildman–Crippen LogP) is 6.31. The highest BCUT2D eigenvalue weighted by Gasteiger charge is 2.24. The van der Waals surface area contributed by atoms with Crippen LogP contribution >= 0.6 is 0 Å². The van der Waals surface area contributed by atoms with E-state index in [4.69, 9.17) is 9.47 Å². The lowest BCUT2D eigenvalue weighted by molar-refractivity contribution is -0.149. The number of aryl methyl sites for hydroxylation is 1. The third kappa shape index (κ3) is 5.24. The van der Waals surface area contributed by atoms with Gasteiger partial charge in [-0.2, -0.15) is 0 Å². The Morgan fingerprint density at radius 2 is 1.91 bits per heavy atom. The molecule has 2 unspecified atom stereocenters. The Hall–Kier alpha value is -2.96. The van der Waals surface area contributed by atoms with Crippen molar-refractivity contribution in [2.75, 3.05) is 0 Å². The number of esters is 1. The van der Waals surface area contributed by atoms with Gasteiger partial charge in [0.2, 0.25) is 5.88 Å². The summed E-state index contributed by atoms with van der Waals surface area (Å²) >= 11 is 0. The number of carbonyl (C=O) groups is 1. The summed E-state index contributed by atoms with van der Waals surface area (Å²) in [5.41, 5.74) is 1.74. The fourth-order valence-electron chi connectivity index (χ4n) is 5.50. The summed E-state index contributed by atoms with van der Waals surface area (Å²) < 4.78 is 14.0. The number of fused-ring (bicyclic) bond motifs is 1. The molecule has 2 atom stereocenters. The van der Waals surface area contributed by atoms with Gasteiger partial charge in [-0.05, 0) is 82.4 Å². The molecule has 0 bridgehead atoms. The van der Waals surface area contributed by atoms with Gasteiger partial charge in [-0.3, -0.25) is 9.78 Å². The zero-order chi connectivity index (χ0) is 23.3. The molecule has 0 aromatic carbocycles. The first-order chi connectivity index (χ1) is 16.7. The number of ether oxygens (including phenoxy) is 2. The summed E-state index contributed by atoms with van der Waals surface area (Å²) in [6.45, 7) is 1.93. The van der Waals surface area contributed by atoms with Gasteiger partial charge in [-0.25, -0.2) is 9.97 Å². The lowest BCUT2D eigenvalue weighted by Gasteiger charge is -2.18. The van der Waals surface area contributed by atoms with Gasteiger partial charge < -0.3 is 14.0 Å². The van der Waals surface area contributed by atoms with Gasteiger partial charge in [0.1, 0.15) is 18.1 Å². The smallest absolute Gasteiger partial charge is 0.306 e. The van der Waals surface area contributed by atoms with Crippen LogP contribution in [-0.4, -0.2) is 31.6 Å². The van der Waals surface area contributed by atoms with Crippen molar-refractivity contribution in [2.24, 2.45) is 5.92 Å². The van der Waals surface area contributed by atoms with Gasteiger partial charge in [0.15, 0.2) is 5.75 Å². The second-order valence-corrected chi connectivity index (χ2v) is 9.79. The van der Waals surface area contributed by atoms with E-state index in [0.717, 1.165) is 61.7 Å². The SMILES string of the molecule is Cc1ncccc1Oc1ncnc2c1ccn2C1CCCC(CCC(=O)OC2CCCC2)CC1.